The standard InChI is InChI=1S/C18H15P.C11H17BO2S/c1-4-10-16(11-5-1)19(17-12-6-2-7-13-17)18-14-8-3-9-15-18;1-8-6-7-15-9(8)12-13-10(2,3)11(4,5)14-12/h1-15H;6-7H,1-5H3. The highest BCUT2D eigenvalue weighted by Crippen LogP contribution is 2.37. The lowest BCUT2D eigenvalue weighted by atomic mass is 9.85. The van der Waals surface area contributed by atoms with Crippen molar-refractivity contribution in [2.45, 2.75) is 45.8 Å². The van der Waals surface area contributed by atoms with E-state index in [-0.39, 0.29) is 18.3 Å². The summed E-state index contributed by atoms with van der Waals surface area (Å²) in [6.07, 6.45) is 0. The van der Waals surface area contributed by atoms with Crippen LogP contribution in [0.25, 0.3) is 0 Å². The second-order valence-corrected chi connectivity index (χ2v) is 12.6. The van der Waals surface area contributed by atoms with Crippen molar-refractivity contribution in [2.75, 3.05) is 0 Å². The topological polar surface area (TPSA) is 18.5 Å². The van der Waals surface area contributed by atoms with E-state index in [9.17, 15) is 0 Å². The third-order valence-electron chi connectivity index (χ3n) is 6.41. The molecule has 0 aliphatic carbocycles. The highest BCUT2D eigenvalue weighted by Gasteiger charge is 2.52. The SMILES string of the molecule is Cc1ccsc1B1OC(C)(C)C(C)(C)O1.c1ccc(P(c2ccccc2)c2ccccc2)cc1. The number of hydrogen-bond acceptors (Lipinski definition) is 3. The first-order valence-corrected chi connectivity index (χ1v) is 13.9. The Hall–Kier alpha value is -2.23. The molecule has 0 unspecified atom stereocenters. The monoisotopic (exact) mass is 486 g/mol. The molecule has 0 saturated carbocycles. The highest BCUT2D eigenvalue weighted by molar-refractivity contribution is 7.79. The Morgan fingerprint density at radius 3 is 1.32 bits per heavy atom. The number of thiophene rings is 1. The zero-order valence-corrected chi connectivity index (χ0v) is 22.3. The van der Waals surface area contributed by atoms with Gasteiger partial charge in [-0.05, 0) is 75.5 Å². The Bertz CT molecular complexity index is 1070. The summed E-state index contributed by atoms with van der Waals surface area (Å²) in [5.74, 6) is 0. The van der Waals surface area contributed by atoms with E-state index in [4.69, 9.17) is 9.31 Å². The maximum absolute atomic E-state index is 5.98. The third kappa shape index (κ3) is 5.53. The summed E-state index contributed by atoms with van der Waals surface area (Å²) >= 11 is 1.70. The van der Waals surface area contributed by atoms with Gasteiger partial charge >= 0.3 is 7.12 Å². The van der Waals surface area contributed by atoms with Crippen molar-refractivity contribution < 1.29 is 9.31 Å². The second kappa shape index (κ2) is 10.6. The lowest BCUT2D eigenvalue weighted by Gasteiger charge is -2.32. The van der Waals surface area contributed by atoms with Crippen LogP contribution < -0.4 is 20.7 Å². The van der Waals surface area contributed by atoms with Gasteiger partial charge in [0.15, 0.2) is 0 Å². The Morgan fingerprint density at radius 1 is 0.618 bits per heavy atom. The molecule has 1 aromatic heterocycles. The fourth-order valence-corrected chi connectivity index (χ4v) is 6.94. The van der Waals surface area contributed by atoms with Gasteiger partial charge in [0.05, 0.1) is 11.2 Å². The first-order valence-electron chi connectivity index (χ1n) is 11.6. The van der Waals surface area contributed by atoms with Crippen molar-refractivity contribution in [1.29, 1.82) is 0 Å². The molecule has 1 aliphatic heterocycles. The molecule has 0 amide bonds. The molecule has 1 aliphatic rings. The predicted octanol–water partition coefficient (Wildman–Crippen LogP) is 5.80. The summed E-state index contributed by atoms with van der Waals surface area (Å²) in [5, 5.41) is 6.27. The summed E-state index contributed by atoms with van der Waals surface area (Å²) in [6, 6.07) is 34.4. The van der Waals surface area contributed by atoms with Gasteiger partial charge in [0, 0.05) is 4.78 Å². The fourth-order valence-electron chi connectivity index (χ4n) is 3.75. The van der Waals surface area contributed by atoms with E-state index >= 15 is 0 Å². The number of hydrogen-bond donors (Lipinski definition) is 0. The molecule has 2 nitrogen and oxygen atoms in total. The molecule has 5 rings (SSSR count). The van der Waals surface area contributed by atoms with Gasteiger partial charge in [0.25, 0.3) is 0 Å². The van der Waals surface area contributed by atoms with Crippen molar-refractivity contribution in [1.82, 2.24) is 0 Å². The Balaban J connectivity index is 0.000000166. The van der Waals surface area contributed by atoms with Crippen LogP contribution in [0.3, 0.4) is 0 Å². The fraction of sp³-hybridized carbons (Fsp3) is 0.241. The van der Waals surface area contributed by atoms with Crippen molar-refractivity contribution in [2.24, 2.45) is 0 Å². The van der Waals surface area contributed by atoms with Gasteiger partial charge in [0.2, 0.25) is 0 Å². The van der Waals surface area contributed by atoms with Crippen LogP contribution >= 0.6 is 19.3 Å². The van der Waals surface area contributed by atoms with E-state index in [0.717, 1.165) is 0 Å². The van der Waals surface area contributed by atoms with E-state index < -0.39 is 7.92 Å². The minimum Gasteiger partial charge on any atom is -0.399 e. The Morgan fingerprint density at radius 2 is 1.00 bits per heavy atom. The first kappa shape index (κ1) is 24.9. The summed E-state index contributed by atoms with van der Waals surface area (Å²) < 4.78 is 13.1. The molecule has 2 heterocycles. The molecule has 1 fully saturated rings. The van der Waals surface area contributed by atoms with Gasteiger partial charge < -0.3 is 9.31 Å². The molecule has 0 atom stereocenters. The number of aryl methyl sites for hydroxylation is 1. The van der Waals surface area contributed by atoms with Crippen LogP contribution in [0.15, 0.2) is 102 Å². The molecule has 0 N–H and O–H groups in total. The van der Waals surface area contributed by atoms with E-state index in [1.54, 1.807) is 11.3 Å². The van der Waals surface area contributed by atoms with Crippen molar-refractivity contribution in [3.8, 4) is 0 Å². The van der Waals surface area contributed by atoms with Crippen molar-refractivity contribution >= 4 is 47.1 Å². The molecule has 0 spiro atoms. The summed E-state index contributed by atoms with van der Waals surface area (Å²) in [6.45, 7) is 10.4. The third-order valence-corrected chi connectivity index (χ3v) is 9.90. The lowest BCUT2D eigenvalue weighted by molar-refractivity contribution is 0.00578. The summed E-state index contributed by atoms with van der Waals surface area (Å²) in [5.41, 5.74) is 0.765. The largest absolute Gasteiger partial charge is 0.505 e. The van der Waals surface area contributed by atoms with Crippen molar-refractivity contribution in [3.05, 3.63) is 108 Å². The van der Waals surface area contributed by atoms with Gasteiger partial charge in [-0.2, -0.15) is 11.3 Å². The van der Waals surface area contributed by atoms with Crippen molar-refractivity contribution in [3.63, 3.8) is 0 Å². The minimum atomic E-state index is -0.446. The Kier molecular flexibility index (Phi) is 7.75. The minimum absolute atomic E-state index is 0.199. The van der Waals surface area contributed by atoms with E-state index in [0.29, 0.717) is 0 Å². The zero-order chi connectivity index (χ0) is 24.2. The zero-order valence-electron chi connectivity index (χ0n) is 20.6. The van der Waals surface area contributed by atoms with Gasteiger partial charge in [-0.25, -0.2) is 0 Å². The van der Waals surface area contributed by atoms with Crippen LogP contribution in [-0.4, -0.2) is 18.3 Å². The lowest BCUT2D eigenvalue weighted by Crippen LogP contribution is -2.41. The maximum atomic E-state index is 5.98. The molecule has 0 bridgehead atoms. The van der Waals surface area contributed by atoms with Crippen LogP contribution in [0.2, 0.25) is 0 Å². The van der Waals surface area contributed by atoms with Crippen LogP contribution in [0, 0.1) is 6.92 Å². The average Bonchev–Trinajstić information content (AvgIpc) is 3.35. The van der Waals surface area contributed by atoms with Gasteiger partial charge in [-0.15, -0.1) is 0 Å². The normalized spacial score (nSPS) is 16.2. The van der Waals surface area contributed by atoms with E-state index in [1.807, 2.05) is 0 Å². The van der Waals surface area contributed by atoms with Crippen LogP contribution in [-0.2, 0) is 9.31 Å². The van der Waals surface area contributed by atoms with Crippen LogP contribution in [0.1, 0.15) is 33.3 Å². The summed E-state index contributed by atoms with van der Waals surface area (Å²) in [4.78, 5) is 0. The molecule has 34 heavy (non-hydrogen) atoms. The molecule has 0 radical (unpaired) electrons. The second-order valence-electron chi connectivity index (χ2n) is 9.40. The number of rotatable bonds is 4. The molecule has 174 valence electrons. The maximum Gasteiger partial charge on any atom is 0.505 e. The van der Waals surface area contributed by atoms with E-state index in [1.165, 1.54) is 26.3 Å². The van der Waals surface area contributed by atoms with E-state index in [2.05, 4.69) is 137 Å². The Labute approximate surface area is 209 Å². The molecule has 3 aromatic carbocycles. The molecular weight excluding hydrogens is 454 g/mol. The molecule has 4 aromatic rings. The number of benzene rings is 3. The summed E-state index contributed by atoms with van der Waals surface area (Å²) in [7, 11) is -0.645. The van der Waals surface area contributed by atoms with Gasteiger partial charge in [-0.1, -0.05) is 91.0 Å². The van der Waals surface area contributed by atoms with Crippen LogP contribution in [0.4, 0.5) is 0 Å². The molecule has 1 saturated heterocycles. The van der Waals surface area contributed by atoms with Gasteiger partial charge in [0.1, 0.15) is 0 Å². The molecular formula is C29H32BO2PS. The predicted molar refractivity (Wildman–Crippen MR) is 150 cm³/mol. The average molecular weight is 486 g/mol. The van der Waals surface area contributed by atoms with Gasteiger partial charge in [-0.3, -0.25) is 0 Å². The smallest absolute Gasteiger partial charge is 0.399 e. The highest BCUT2D eigenvalue weighted by atomic mass is 32.1. The van der Waals surface area contributed by atoms with Crippen LogP contribution in [0.5, 0.6) is 0 Å². The molecule has 5 heteroatoms. The first-order chi connectivity index (χ1) is 16.3. The quantitative estimate of drug-likeness (QED) is 0.268.